The van der Waals surface area contributed by atoms with E-state index >= 15 is 0 Å². The van der Waals surface area contributed by atoms with Crippen molar-refractivity contribution in [1.29, 1.82) is 0 Å². The second-order valence-corrected chi connectivity index (χ2v) is 9.55. The molecule has 2 fully saturated rings. The average Bonchev–Trinajstić information content (AvgIpc) is 2.88. The topological polar surface area (TPSA) is 78.3 Å². The van der Waals surface area contributed by atoms with Gasteiger partial charge in [0.2, 0.25) is 0 Å². The summed E-state index contributed by atoms with van der Waals surface area (Å²) in [6, 6.07) is 6.53. The molecule has 36 heavy (non-hydrogen) atoms. The first-order chi connectivity index (χ1) is 17.1. The summed E-state index contributed by atoms with van der Waals surface area (Å²) in [6.07, 6.45) is -0.504. The Hall–Kier alpha value is -3.14. The maximum absolute atomic E-state index is 13.0. The summed E-state index contributed by atoms with van der Waals surface area (Å²) in [6.45, 7) is 7.75. The first kappa shape index (κ1) is 25.9. The van der Waals surface area contributed by atoms with Crippen LogP contribution in [-0.4, -0.2) is 63.9 Å². The fourth-order valence-electron chi connectivity index (χ4n) is 5.18. The van der Waals surface area contributed by atoms with E-state index in [1.165, 1.54) is 11.6 Å². The number of carbonyl (C=O) groups excluding carboxylic acids is 1. The molecule has 1 aromatic carbocycles. The highest BCUT2D eigenvalue weighted by molar-refractivity contribution is 5.94. The van der Waals surface area contributed by atoms with E-state index in [2.05, 4.69) is 28.0 Å². The standard InChI is InChI=1S/C26H31F3N4O3/c1-16(31-35)15-36-23-9-8-21(17(2)18(23)3)22-6-4-5-20-14-32(11-12-33(20)22)25(34)19-7-10-24(30-13-19)26(27,28)29/h7-10,13,20,22,35H,4-6,11-12,14-15H2,1-3H3/b31-16+/t20-,22+/m0/s1. The molecule has 4 rings (SSSR count). The summed E-state index contributed by atoms with van der Waals surface area (Å²) in [4.78, 5) is 20.6. The van der Waals surface area contributed by atoms with Gasteiger partial charge < -0.3 is 14.8 Å². The second-order valence-electron chi connectivity index (χ2n) is 9.55. The highest BCUT2D eigenvalue weighted by Gasteiger charge is 2.38. The van der Waals surface area contributed by atoms with Gasteiger partial charge in [-0.15, -0.1) is 0 Å². The van der Waals surface area contributed by atoms with Gasteiger partial charge in [0.1, 0.15) is 18.1 Å². The van der Waals surface area contributed by atoms with Gasteiger partial charge in [-0.25, -0.2) is 0 Å². The zero-order chi connectivity index (χ0) is 26.0. The van der Waals surface area contributed by atoms with Crippen LogP contribution < -0.4 is 4.74 Å². The molecule has 2 atom stereocenters. The third-order valence-corrected chi connectivity index (χ3v) is 7.28. The number of piperazine rings is 1. The Balaban J connectivity index is 1.46. The number of aromatic nitrogens is 1. The van der Waals surface area contributed by atoms with E-state index in [4.69, 9.17) is 9.94 Å². The van der Waals surface area contributed by atoms with Crippen molar-refractivity contribution in [2.75, 3.05) is 26.2 Å². The van der Waals surface area contributed by atoms with Crippen LogP contribution in [0, 0.1) is 13.8 Å². The average molecular weight is 505 g/mol. The molecule has 1 N–H and O–H groups in total. The molecule has 194 valence electrons. The lowest BCUT2D eigenvalue weighted by atomic mass is 9.86. The van der Waals surface area contributed by atoms with Gasteiger partial charge >= 0.3 is 6.18 Å². The molecule has 2 aromatic rings. The lowest BCUT2D eigenvalue weighted by Crippen LogP contribution is -2.57. The number of oxime groups is 1. The van der Waals surface area contributed by atoms with E-state index in [1.807, 2.05) is 13.0 Å². The van der Waals surface area contributed by atoms with Crippen LogP contribution in [0.5, 0.6) is 5.75 Å². The number of benzene rings is 1. The van der Waals surface area contributed by atoms with Crippen LogP contribution in [0.3, 0.4) is 0 Å². The molecule has 2 aliphatic heterocycles. The molecule has 1 aromatic heterocycles. The van der Waals surface area contributed by atoms with Gasteiger partial charge in [0.05, 0.1) is 11.3 Å². The molecule has 0 saturated carbocycles. The highest BCUT2D eigenvalue weighted by Crippen LogP contribution is 2.39. The van der Waals surface area contributed by atoms with Gasteiger partial charge in [-0.05, 0) is 74.9 Å². The number of carbonyl (C=O) groups is 1. The minimum Gasteiger partial charge on any atom is -0.487 e. The monoisotopic (exact) mass is 504 g/mol. The van der Waals surface area contributed by atoms with Gasteiger partial charge in [0.15, 0.2) is 0 Å². The quantitative estimate of drug-likeness (QED) is 0.352. The van der Waals surface area contributed by atoms with E-state index in [0.29, 0.717) is 25.3 Å². The number of rotatable bonds is 5. The van der Waals surface area contributed by atoms with Crippen molar-refractivity contribution in [2.24, 2.45) is 5.16 Å². The molecule has 7 nitrogen and oxygen atoms in total. The number of halogens is 3. The van der Waals surface area contributed by atoms with Crippen LogP contribution in [0.25, 0.3) is 0 Å². The number of ether oxygens (including phenoxy) is 1. The normalized spacial score (nSPS) is 21.3. The predicted molar refractivity (Wildman–Crippen MR) is 129 cm³/mol. The van der Waals surface area contributed by atoms with Gasteiger partial charge in [-0.1, -0.05) is 11.2 Å². The van der Waals surface area contributed by atoms with Gasteiger partial charge in [0.25, 0.3) is 5.91 Å². The summed E-state index contributed by atoms with van der Waals surface area (Å²) in [5.74, 6) is 0.473. The van der Waals surface area contributed by atoms with Crippen molar-refractivity contribution in [2.45, 2.75) is 58.3 Å². The number of pyridine rings is 1. The first-order valence-corrected chi connectivity index (χ1v) is 12.1. The van der Waals surface area contributed by atoms with E-state index < -0.39 is 11.9 Å². The summed E-state index contributed by atoms with van der Waals surface area (Å²) < 4.78 is 44.3. The third-order valence-electron chi connectivity index (χ3n) is 7.28. The number of piperidine rings is 1. The van der Waals surface area contributed by atoms with Crippen molar-refractivity contribution in [3.05, 3.63) is 58.4 Å². The molecule has 0 spiro atoms. The molecule has 0 radical (unpaired) electrons. The van der Waals surface area contributed by atoms with Crippen molar-refractivity contribution in [3.63, 3.8) is 0 Å². The molecule has 0 aliphatic carbocycles. The van der Waals surface area contributed by atoms with Gasteiger partial charge in [0, 0.05) is 37.9 Å². The number of nitrogens with zero attached hydrogens (tertiary/aromatic N) is 4. The van der Waals surface area contributed by atoms with Crippen LogP contribution in [0.4, 0.5) is 13.2 Å². The largest absolute Gasteiger partial charge is 0.487 e. The maximum Gasteiger partial charge on any atom is 0.433 e. The minimum absolute atomic E-state index is 0.173. The summed E-state index contributed by atoms with van der Waals surface area (Å²) in [5, 5.41) is 12.0. The van der Waals surface area contributed by atoms with Crippen molar-refractivity contribution in [3.8, 4) is 5.75 Å². The molecule has 0 unspecified atom stereocenters. The van der Waals surface area contributed by atoms with Crippen molar-refractivity contribution in [1.82, 2.24) is 14.8 Å². The fraction of sp³-hybridized carbons (Fsp3) is 0.500. The zero-order valence-electron chi connectivity index (χ0n) is 20.7. The molecule has 2 aliphatic rings. The van der Waals surface area contributed by atoms with Gasteiger partial charge in [-0.2, -0.15) is 13.2 Å². The van der Waals surface area contributed by atoms with E-state index in [-0.39, 0.29) is 30.2 Å². The minimum atomic E-state index is -4.53. The Morgan fingerprint density at radius 1 is 1.17 bits per heavy atom. The Morgan fingerprint density at radius 2 is 1.94 bits per heavy atom. The zero-order valence-corrected chi connectivity index (χ0v) is 20.7. The molecule has 0 bridgehead atoms. The molecular weight excluding hydrogens is 473 g/mol. The van der Waals surface area contributed by atoms with E-state index in [1.54, 1.807) is 11.8 Å². The molecule has 1 amide bonds. The number of alkyl halides is 3. The van der Waals surface area contributed by atoms with Crippen LogP contribution >= 0.6 is 0 Å². The Morgan fingerprint density at radius 3 is 2.61 bits per heavy atom. The number of amides is 1. The SMILES string of the molecule is C/C(COc1ccc([C@H]2CCC[C@H]3CN(C(=O)c4ccc(C(F)(F)F)nc4)CCN32)c(C)c1C)=N\O. The second kappa shape index (κ2) is 10.5. The first-order valence-electron chi connectivity index (χ1n) is 12.1. The van der Waals surface area contributed by atoms with Crippen molar-refractivity contribution >= 4 is 11.6 Å². The number of hydrogen-bond donors (Lipinski definition) is 1. The number of hydrogen-bond acceptors (Lipinski definition) is 6. The molecule has 3 heterocycles. The molecular formula is C26H31F3N4O3. The fourth-order valence-corrected chi connectivity index (χ4v) is 5.18. The summed E-state index contributed by atoms with van der Waals surface area (Å²) in [5.41, 5.74) is 3.11. The van der Waals surface area contributed by atoms with E-state index in [9.17, 15) is 18.0 Å². The van der Waals surface area contributed by atoms with Gasteiger partial charge in [-0.3, -0.25) is 14.7 Å². The summed E-state index contributed by atoms with van der Waals surface area (Å²) in [7, 11) is 0. The molecule has 2 saturated heterocycles. The summed E-state index contributed by atoms with van der Waals surface area (Å²) >= 11 is 0. The molecule has 10 heteroatoms. The predicted octanol–water partition coefficient (Wildman–Crippen LogP) is 5.00. The number of fused-ring (bicyclic) bond motifs is 1. The smallest absolute Gasteiger partial charge is 0.433 e. The van der Waals surface area contributed by atoms with Crippen LogP contribution in [0.2, 0.25) is 0 Å². The van der Waals surface area contributed by atoms with E-state index in [0.717, 1.165) is 48.4 Å². The lowest BCUT2D eigenvalue weighted by Gasteiger charge is -2.48. The van der Waals surface area contributed by atoms with Crippen LogP contribution in [0.1, 0.15) is 65.0 Å². The Bertz CT molecular complexity index is 1130. The van der Waals surface area contributed by atoms with Crippen LogP contribution in [0.15, 0.2) is 35.6 Å². The van der Waals surface area contributed by atoms with Crippen LogP contribution in [-0.2, 0) is 6.18 Å². The lowest BCUT2D eigenvalue weighted by molar-refractivity contribution is -0.141. The Labute approximate surface area is 208 Å². The third kappa shape index (κ3) is 5.33. The highest BCUT2D eigenvalue weighted by atomic mass is 19.4. The Kier molecular flexibility index (Phi) is 7.54. The maximum atomic E-state index is 13.0. The van der Waals surface area contributed by atoms with Crippen molar-refractivity contribution < 1.29 is 27.9 Å².